The Labute approximate surface area is 209 Å². The number of rotatable bonds is 6. The quantitative estimate of drug-likeness (QED) is 0.465. The molecule has 35 heavy (non-hydrogen) atoms. The van der Waals surface area contributed by atoms with Crippen molar-refractivity contribution in [2.45, 2.75) is 18.2 Å². The van der Waals surface area contributed by atoms with E-state index in [-0.39, 0.29) is 30.3 Å². The second-order valence-electron chi connectivity index (χ2n) is 7.66. The van der Waals surface area contributed by atoms with Crippen LogP contribution in [0.1, 0.15) is 22.3 Å². The Kier molecular flexibility index (Phi) is 7.48. The van der Waals surface area contributed by atoms with Crippen LogP contribution in [-0.2, 0) is 16.1 Å². The Balaban J connectivity index is 1.59. The third kappa shape index (κ3) is 6.26. The summed E-state index contributed by atoms with van der Waals surface area (Å²) in [7, 11) is 0. The van der Waals surface area contributed by atoms with Crippen molar-refractivity contribution in [3.8, 4) is 0 Å². The van der Waals surface area contributed by atoms with Gasteiger partial charge in [-0.25, -0.2) is 14.2 Å². The van der Waals surface area contributed by atoms with E-state index < -0.39 is 17.1 Å². The minimum absolute atomic E-state index is 0.0330. The summed E-state index contributed by atoms with van der Waals surface area (Å²) >= 11 is 7.08. The largest absolute Gasteiger partial charge is 0.478 e. The molecule has 7 nitrogen and oxygen atoms in total. The van der Waals surface area contributed by atoms with Gasteiger partial charge in [0.05, 0.1) is 17.8 Å². The smallest absolute Gasteiger partial charge is 0.335 e. The highest BCUT2D eigenvalue weighted by molar-refractivity contribution is 8.15. The highest BCUT2D eigenvalue weighted by Gasteiger charge is 2.36. The third-order valence-electron chi connectivity index (χ3n) is 5.11. The Bertz CT molecular complexity index is 1300. The van der Waals surface area contributed by atoms with Crippen molar-refractivity contribution in [1.29, 1.82) is 0 Å². The summed E-state index contributed by atoms with van der Waals surface area (Å²) in [5, 5.41) is 11.9. The van der Waals surface area contributed by atoms with Crippen LogP contribution < -0.4 is 5.32 Å². The van der Waals surface area contributed by atoms with Gasteiger partial charge in [-0.1, -0.05) is 41.6 Å². The molecular formula is C25H19ClFN3O4S. The maximum Gasteiger partial charge on any atom is 0.335 e. The predicted octanol–water partition coefficient (Wildman–Crippen LogP) is 5.34. The summed E-state index contributed by atoms with van der Waals surface area (Å²) in [6.45, 7) is 0.160. The molecule has 2 N–H and O–H groups in total. The van der Waals surface area contributed by atoms with Gasteiger partial charge in [-0.15, -0.1) is 0 Å². The van der Waals surface area contributed by atoms with Crippen molar-refractivity contribution in [3.05, 3.63) is 94.8 Å². The monoisotopic (exact) mass is 511 g/mol. The van der Waals surface area contributed by atoms with Crippen LogP contribution in [0.15, 0.2) is 77.8 Å². The van der Waals surface area contributed by atoms with Crippen molar-refractivity contribution in [3.63, 3.8) is 0 Å². The van der Waals surface area contributed by atoms with Gasteiger partial charge in [0.25, 0.3) is 0 Å². The molecule has 2 amide bonds. The number of amides is 2. The highest BCUT2D eigenvalue weighted by atomic mass is 35.5. The Morgan fingerprint density at radius 3 is 2.51 bits per heavy atom. The number of carbonyl (C=O) groups excluding carboxylic acids is 2. The molecule has 1 aliphatic rings. The third-order valence-corrected chi connectivity index (χ3v) is 6.55. The number of aliphatic imine (C=N–C) groups is 1. The number of carbonyl (C=O) groups is 3. The fraction of sp³-hybridized carbons (Fsp3) is 0.120. The first-order valence-electron chi connectivity index (χ1n) is 10.5. The average Bonchev–Trinajstić information content (AvgIpc) is 2.84. The Morgan fingerprint density at radius 2 is 1.83 bits per heavy atom. The molecule has 4 rings (SSSR count). The van der Waals surface area contributed by atoms with Crippen LogP contribution in [0.25, 0.3) is 0 Å². The van der Waals surface area contributed by atoms with E-state index in [1.165, 1.54) is 35.2 Å². The maximum absolute atomic E-state index is 13.3. The summed E-state index contributed by atoms with van der Waals surface area (Å²) in [5.74, 6) is -2.26. The standard InChI is InChI=1S/C25H19ClFN3O4S/c26-17-6-10-19(11-7-17)29-25-30(14-15-4-8-18(27)9-5-15)22(31)13-21(35-25)23(32)28-20-3-1-2-16(12-20)24(33)34/h1-12,21H,13-14H2,(H,28,32)(H,33,34). The molecule has 0 bridgehead atoms. The molecule has 3 aromatic carbocycles. The second kappa shape index (κ2) is 10.7. The van der Waals surface area contributed by atoms with E-state index >= 15 is 0 Å². The van der Waals surface area contributed by atoms with Crippen LogP contribution in [0.3, 0.4) is 0 Å². The minimum atomic E-state index is -1.11. The van der Waals surface area contributed by atoms with E-state index in [0.717, 1.165) is 11.8 Å². The van der Waals surface area contributed by atoms with Crippen molar-refractivity contribution >= 4 is 57.7 Å². The molecule has 0 spiro atoms. The molecule has 0 saturated carbocycles. The zero-order valence-corrected chi connectivity index (χ0v) is 19.7. The average molecular weight is 512 g/mol. The Morgan fingerprint density at radius 1 is 1.11 bits per heavy atom. The molecule has 1 atom stereocenters. The van der Waals surface area contributed by atoms with Crippen LogP contribution >= 0.6 is 23.4 Å². The number of thioether (sulfide) groups is 1. The first kappa shape index (κ1) is 24.4. The van der Waals surface area contributed by atoms with Crippen LogP contribution in [-0.4, -0.2) is 38.2 Å². The van der Waals surface area contributed by atoms with E-state index in [1.54, 1.807) is 42.5 Å². The van der Waals surface area contributed by atoms with Gasteiger partial charge >= 0.3 is 5.97 Å². The molecule has 0 aliphatic carbocycles. The van der Waals surface area contributed by atoms with Crippen molar-refractivity contribution < 1.29 is 23.9 Å². The van der Waals surface area contributed by atoms with E-state index in [2.05, 4.69) is 10.3 Å². The molecule has 1 saturated heterocycles. The molecule has 178 valence electrons. The summed E-state index contributed by atoms with van der Waals surface area (Å²) in [6, 6.07) is 18.4. The molecule has 1 heterocycles. The minimum Gasteiger partial charge on any atom is -0.478 e. The lowest BCUT2D eigenvalue weighted by atomic mass is 10.1. The van der Waals surface area contributed by atoms with E-state index in [1.807, 2.05) is 0 Å². The first-order chi connectivity index (χ1) is 16.8. The van der Waals surface area contributed by atoms with Gasteiger partial charge in [0, 0.05) is 17.1 Å². The zero-order valence-electron chi connectivity index (χ0n) is 18.2. The van der Waals surface area contributed by atoms with Gasteiger partial charge in [-0.2, -0.15) is 0 Å². The van der Waals surface area contributed by atoms with E-state index in [4.69, 9.17) is 11.6 Å². The first-order valence-corrected chi connectivity index (χ1v) is 11.7. The van der Waals surface area contributed by atoms with Crippen LogP contribution in [0.2, 0.25) is 5.02 Å². The highest BCUT2D eigenvalue weighted by Crippen LogP contribution is 2.31. The number of halogens is 2. The number of hydrogen-bond acceptors (Lipinski definition) is 5. The summed E-state index contributed by atoms with van der Waals surface area (Å²) in [4.78, 5) is 43.3. The fourth-order valence-corrected chi connectivity index (χ4v) is 4.57. The van der Waals surface area contributed by atoms with E-state index in [0.29, 0.717) is 27.1 Å². The van der Waals surface area contributed by atoms with Crippen molar-refractivity contribution in [1.82, 2.24) is 4.90 Å². The van der Waals surface area contributed by atoms with Gasteiger partial charge in [-0.3, -0.25) is 14.5 Å². The lowest BCUT2D eigenvalue weighted by Gasteiger charge is -2.32. The molecule has 0 radical (unpaired) electrons. The van der Waals surface area contributed by atoms with Crippen molar-refractivity contribution in [2.75, 3.05) is 5.32 Å². The normalized spacial score (nSPS) is 16.9. The van der Waals surface area contributed by atoms with Gasteiger partial charge in [0.15, 0.2) is 5.17 Å². The number of benzene rings is 3. The summed E-state index contributed by atoms with van der Waals surface area (Å²) in [6.07, 6.45) is -0.0873. The van der Waals surface area contributed by atoms with Crippen LogP contribution in [0.4, 0.5) is 15.8 Å². The maximum atomic E-state index is 13.3. The molecule has 1 aliphatic heterocycles. The van der Waals surface area contributed by atoms with Crippen molar-refractivity contribution in [2.24, 2.45) is 4.99 Å². The van der Waals surface area contributed by atoms with E-state index in [9.17, 15) is 23.9 Å². The molecule has 1 fully saturated rings. The number of nitrogens with one attached hydrogen (secondary N) is 1. The number of aromatic carboxylic acids is 1. The lowest BCUT2D eigenvalue weighted by molar-refractivity contribution is -0.129. The summed E-state index contributed by atoms with van der Waals surface area (Å²) in [5.41, 5.74) is 1.60. The topological polar surface area (TPSA) is 99.1 Å². The Hall–Kier alpha value is -3.69. The molecule has 0 aromatic heterocycles. The number of amidine groups is 1. The number of carboxylic acids is 1. The number of carboxylic acid groups (broad SMARTS) is 1. The fourth-order valence-electron chi connectivity index (χ4n) is 3.35. The molecular weight excluding hydrogens is 493 g/mol. The van der Waals surface area contributed by atoms with Crippen LogP contribution in [0.5, 0.6) is 0 Å². The molecule has 1 unspecified atom stereocenters. The molecule has 3 aromatic rings. The second-order valence-corrected chi connectivity index (χ2v) is 9.27. The number of hydrogen-bond donors (Lipinski definition) is 2. The zero-order chi connectivity index (χ0) is 24.9. The van der Waals surface area contributed by atoms with Gasteiger partial charge in [0.1, 0.15) is 11.1 Å². The lowest BCUT2D eigenvalue weighted by Crippen LogP contribution is -2.44. The number of nitrogens with zero attached hydrogens (tertiary/aromatic N) is 2. The van der Waals surface area contributed by atoms with Gasteiger partial charge < -0.3 is 10.4 Å². The predicted molar refractivity (Wildman–Crippen MR) is 134 cm³/mol. The molecule has 10 heteroatoms. The summed E-state index contributed by atoms with van der Waals surface area (Å²) < 4.78 is 13.3. The SMILES string of the molecule is O=C(O)c1cccc(NC(=O)C2CC(=O)N(Cc3ccc(F)cc3)C(=Nc3ccc(Cl)cc3)S2)c1. The van der Waals surface area contributed by atoms with Crippen LogP contribution in [0, 0.1) is 5.82 Å². The number of anilines is 1. The van der Waals surface area contributed by atoms with Gasteiger partial charge in [0.2, 0.25) is 11.8 Å². The van der Waals surface area contributed by atoms with Gasteiger partial charge in [-0.05, 0) is 60.2 Å².